The van der Waals surface area contributed by atoms with Crippen molar-refractivity contribution in [2.75, 3.05) is 5.32 Å². The highest BCUT2D eigenvalue weighted by atomic mass is 35.5. The van der Waals surface area contributed by atoms with Gasteiger partial charge in [-0.2, -0.15) is 0 Å². The summed E-state index contributed by atoms with van der Waals surface area (Å²) in [7, 11) is 0. The predicted molar refractivity (Wildman–Crippen MR) is 69.7 cm³/mol. The lowest BCUT2D eigenvalue weighted by atomic mass is 10.1. The van der Waals surface area contributed by atoms with E-state index in [-0.39, 0.29) is 5.54 Å². The Balaban J connectivity index is 2.49. The zero-order chi connectivity index (χ0) is 12.5. The summed E-state index contributed by atoms with van der Waals surface area (Å²) in [6, 6.07) is 3.87. The number of aromatic nitrogens is 3. The molecule has 2 rings (SSSR count). The molecule has 0 aliphatic rings. The summed E-state index contributed by atoms with van der Waals surface area (Å²) in [6.45, 7) is 6.22. The molecule has 0 atom stereocenters. The fourth-order valence-electron chi connectivity index (χ4n) is 1.52. The predicted octanol–water partition coefficient (Wildman–Crippen LogP) is 3.13. The maximum absolute atomic E-state index is 6.14. The standard InChI is InChI=1S/C12H15ClN4/c1-12(2,3)16-11-9(10(13)14-8-15-11)17-6-4-5-7-17/h4-8H,1-3H3,(H,14,15,16). The lowest BCUT2D eigenvalue weighted by molar-refractivity contribution is 0.629. The Morgan fingerprint density at radius 1 is 1.18 bits per heavy atom. The van der Waals surface area contributed by atoms with E-state index in [0.717, 1.165) is 11.5 Å². The van der Waals surface area contributed by atoms with Crippen LogP contribution < -0.4 is 5.32 Å². The number of nitrogens with one attached hydrogen (secondary N) is 1. The van der Waals surface area contributed by atoms with Crippen molar-refractivity contribution < 1.29 is 0 Å². The number of nitrogens with zero attached hydrogens (tertiary/aromatic N) is 3. The molecule has 0 bridgehead atoms. The van der Waals surface area contributed by atoms with Gasteiger partial charge in [0.05, 0.1) is 0 Å². The van der Waals surface area contributed by atoms with E-state index in [2.05, 4.69) is 36.1 Å². The molecule has 0 aliphatic heterocycles. The van der Waals surface area contributed by atoms with Crippen LogP contribution in [0.5, 0.6) is 0 Å². The summed E-state index contributed by atoms with van der Waals surface area (Å²) < 4.78 is 1.90. The first-order valence-electron chi connectivity index (χ1n) is 5.39. The smallest absolute Gasteiger partial charge is 0.158 e. The third kappa shape index (κ3) is 2.77. The van der Waals surface area contributed by atoms with Crippen molar-refractivity contribution in [3.05, 3.63) is 36.0 Å². The second-order valence-electron chi connectivity index (χ2n) is 4.83. The van der Waals surface area contributed by atoms with E-state index >= 15 is 0 Å². The van der Waals surface area contributed by atoms with Crippen LogP contribution in [-0.4, -0.2) is 20.1 Å². The summed E-state index contributed by atoms with van der Waals surface area (Å²) in [5.41, 5.74) is 0.689. The van der Waals surface area contributed by atoms with Crippen LogP contribution in [0.2, 0.25) is 5.15 Å². The van der Waals surface area contributed by atoms with Crippen LogP contribution >= 0.6 is 11.6 Å². The minimum absolute atomic E-state index is 0.0837. The van der Waals surface area contributed by atoms with Gasteiger partial charge in [-0.05, 0) is 32.9 Å². The maximum atomic E-state index is 6.14. The molecule has 17 heavy (non-hydrogen) atoms. The molecule has 2 heterocycles. The van der Waals surface area contributed by atoms with E-state index in [9.17, 15) is 0 Å². The largest absolute Gasteiger partial charge is 0.364 e. The summed E-state index contributed by atoms with van der Waals surface area (Å²) in [5.74, 6) is 0.730. The Kier molecular flexibility index (Phi) is 3.07. The molecule has 0 unspecified atom stereocenters. The molecular weight excluding hydrogens is 236 g/mol. The zero-order valence-electron chi connectivity index (χ0n) is 10.1. The van der Waals surface area contributed by atoms with Crippen LogP contribution in [0.15, 0.2) is 30.9 Å². The number of anilines is 1. The van der Waals surface area contributed by atoms with E-state index in [1.54, 1.807) is 0 Å². The Hall–Kier alpha value is -1.55. The van der Waals surface area contributed by atoms with Crippen molar-refractivity contribution in [3.8, 4) is 5.69 Å². The van der Waals surface area contributed by atoms with Gasteiger partial charge in [-0.25, -0.2) is 9.97 Å². The molecule has 4 nitrogen and oxygen atoms in total. The van der Waals surface area contributed by atoms with E-state index in [1.165, 1.54) is 6.33 Å². The van der Waals surface area contributed by atoms with E-state index < -0.39 is 0 Å². The van der Waals surface area contributed by atoms with Gasteiger partial charge in [0.2, 0.25) is 0 Å². The average molecular weight is 251 g/mol. The van der Waals surface area contributed by atoms with Crippen molar-refractivity contribution in [3.63, 3.8) is 0 Å². The quantitative estimate of drug-likeness (QED) is 0.833. The Bertz CT molecular complexity index is 500. The van der Waals surface area contributed by atoms with Gasteiger partial charge in [0, 0.05) is 17.9 Å². The molecule has 0 aliphatic carbocycles. The van der Waals surface area contributed by atoms with Crippen LogP contribution in [0.4, 0.5) is 5.82 Å². The average Bonchev–Trinajstić information content (AvgIpc) is 2.68. The summed E-state index contributed by atoms with van der Waals surface area (Å²) >= 11 is 6.14. The first-order valence-corrected chi connectivity index (χ1v) is 5.77. The molecule has 0 fully saturated rings. The highest BCUT2D eigenvalue weighted by Gasteiger charge is 2.16. The minimum atomic E-state index is -0.0837. The third-order valence-corrected chi connectivity index (χ3v) is 2.41. The van der Waals surface area contributed by atoms with E-state index in [0.29, 0.717) is 5.15 Å². The second-order valence-corrected chi connectivity index (χ2v) is 5.19. The number of rotatable bonds is 2. The molecule has 0 amide bonds. The van der Waals surface area contributed by atoms with Crippen molar-refractivity contribution in [2.24, 2.45) is 0 Å². The number of hydrogen-bond acceptors (Lipinski definition) is 3. The SMILES string of the molecule is CC(C)(C)Nc1ncnc(Cl)c1-n1cccc1. The summed E-state index contributed by atoms with van der Waals surface area (Å²) in [4.78, 5) is 8.27. The first-order chi connectivity index (χ1) is 7.97. The lowest BCUT2D eigenvalue weighted by Gasteiger charge is -2.23. The van der Waals surface area contributed by atoms with Crippen molar-refractivity contribution in [2.45, 2.75) is 26.3 Å². The zero-order valence-corrected chi connectivity index (χ0v) is 10.9. The topological polar surface area (TPSA) is 42.7 Å². The molecular formula is C12H15ClN4. The van der Waals surface area contributed by atoms with Crippen LogP contribution in [0.25, 0.3) is 5.69 Å². The molecule has 0 aromatic carbocycles. The number of halogens is 1. The van der Waals surface area contributed by atoms with Gasteiger partial charge in [0.25, 0.3) is 0 Å². The van der Waals surface area contributed by atoms with Gasteiger partial charge in [-0.15, -0.1) is 0 Å². The fraction of sp³-hybridized carbons (Fsp3) is 0.333. The molecule has 0 spiro atoms. The fourth-order valence-corrected chi connectivity index (χ4v) is 1.75. The highest BCUT2D eigenvalue weighted by molar-refractivity contribution is 6.31. The van der Waals surface area contributed by atoms with Gasteiger partial charge in [-0.1, -0.05) is 11.6 Å². The molecule has 0 saturated carbocycles. The lowest BCUT2D eigenvalue weighted by Crippen LogP contribution is -2.27. The summed E-state index contributed by atoms with van der Waals surface area (Å²) in [5, 5.41) is 3.76. The highest BCUT2D eigenvalue weighted by Crippen LogP contribution is 2.26. The normalized spacial score (nSPS) is 11.5. The Morgan fingerprint density at radius 2 is 1.82 bits per heavy atom. The molecule has 0 radical (unpaired) electrons. The van der Waals surface area contributed by atoms with E-state index in [1.807, 2.05) is 29.1 Å². The maximum Gasteiger partial charge on any atom is 0.158 e. The van der Waals surface area contributed by atoms with Crippen molar-refractivity contribution in [1.82, 2.24) is 14.5 Å². The molecule has 1 N–H and O–H groups in total. The van der Waals surface area contributed by atoms with Crippen molar-refractivity contribution in [1.29, 1.82) is 0 Å². The van der Waals surface area contributed by atoms with Crippen LogP contribution in [0.1, 0.15) is 20.8 Å². The van der Waals surface area contributed by atoms with Gasteiger partial charge < -0.3 is 9.88 Å². The minimum Gasteiger partial charge on any atom is -0.364 e. The van der Waals surface area contributed by atoms with Gasteiger partial charge in [0.1, 0.15) is 12.0 Å². The molecule has 5 heteroatoms. The van der Waals surface area contributed by atoms with Crippen LogP contribution in [0.3, 0.4) is 0 Å². The van der Waals surface area contributed by atoms with Crippen LogP contribution in [0, 0.1) is 0 Å². The molecule has 2 aromatic rings. The summed E-state index contributed by atoms with van der Waals surface area (Å²) in [6.07, 6.45) is 5.29. The first kappa shape index (κ1) is 11.9. The van der Waals surface area contributed by atoms with Crippen molar-refractivity contribution >= 4 is 17.4 Å². The molecule has 90 valence electrons. The Labute approximate surface area is 106 Å². The van der Waals surface area contributed by atoms with Gasteiger partial charge in [0.15, 0.2) is 11.0 Å². The number of hydrogen-bond donors (Lipinski definition) is 1. The molecule has 0 saturated heterocycles. The monoisotopic (exact) mass is 250 g/mol. The third-order valence-electron chi connectivity index (χ3n) is 2.13. The molecule has 2 aromatic heterocycles. The van der Waals surface area contributed by atoms with Crippen LogP contribution in [-0.2, 0) is 0 Å². The second kappa shape index (κ2) is 4.37. The Morgan fingerprint density at radius 3 is 2.41 bits per heavy atom. The van der Waals surface area contributed by atoms with Gasteiger partial charge in [-0.3, -0.25) is 0 Å². The van der Waals surface area contributed by atoms with E-state index in [4.69, 9.17) is 11.6 Å². The van der Waals surface area contributed by atoms with Gasteiger partial charge >= 0.3 is 0 Å².